The maximum atomic E-state index is 12.7. The van der Waals surface area contributed by atoms with E-state index in [1.165, 1.54) is 6.33 Å². The van der Waals surface area contributed by atoms with Crippen LogP contribution < -0.4 is 14.2 Å². The normalized spacial score (nSPS) is 16.0. The Morgan fingerprint density at radius 1 is 1.11 bits per heavy atom. The number of rotatable bonds is 5. The van der Waals surface area contributed by atoms with Gasteiger partial charge in [-0.3, -0.25) is 0 Å². The zero-order valence-corrected chi connectivity index (χ0v) is 16.0. The van der Waals surface area contributed by atoms with Crippen LogP contribution in [0.3, 0.4) is 0 Å². The lowest BCUT2D eigenvalue weighted by Crippen LogP contribution is -2.40. The molecule has 8 heteroatoms. The van der Waals surface area contributed by atoms with Crippen molar-refractivity contribution in [2.24, 2.45) is 0 Å². The summed E-state index contributed by atoms with van der Waals surface area (Å²) in [6.07, 6.45) is 4.45. The standard InChI is InChI=1S/C20H19N3O4S/c1-14-8-17(6-7-18(14)15-9-21-13-22-10-15)28(24,25)23-11-16-12-26-19-4-2-3-5-20(19)27-16/h2-10,13,16,23H,11-12H2,1H3. The van der Waals surface area contributed by atoms with Crippen molar-refractivity contribution in [3.05, 3.63) is 66.7 Å². The van der Waals surface area contributed by atoms with E-state index in [9.17, 15) is 8.42 Å². The molecular formula is C20H19N3O4S. The fourth-order valence-corrected chi connectivity index (χ4v) is 4.17. The molecule has 1 aromatic heterocycles. The van der Waals surface area contributed by atoms with E-state index >= 15 is 0 Å². The molecule has 1 aliphatic rings. The zero-order chi connectivity index (χ0) is 19.6. The topological polar surface area (TPSA) is 90.4 Å². The zero-order valence-electron chi connectivity index (χ0n) is 15.2. The highest BCUT2D eigenvalue weighted by atomic mass is 32.2. The lowest BCUT2D eigenvalue weighted by Gasteiger charge is -2.26. The Labute approximate surface area is 163 Å². The van der Waals surface area contributed by atoms with Gasteiger partial charge in [0.15, 0.2) is 11.5 Å². The predicted molar refractivity (Wildman–Crippen MR) is 104 cm³/mol. The summed E-state index contributed by atoms with van der Waals surface area (Å²) in [6, 6.07) is 12.3. The van der Waals surface area contributed by atoms with Crippen LogP contribution in [0.4, 0.5) is 0 Å². The Balaban J connectivity index is 1.46. The first-order valence-electron chi connectivity index (χ1n) is 8.77. The van der Waals surface area contributed by atoms with E-state index in [1.54, 1.807) is 36.7 Å². The molecule has 0 radical (unpaired) electrons. The van der Waals surface area contributed by atoms with Gasteiger partial charge in [-0.2, -0.15) is 0 Å². The molecule has 1 atom stereocenters. The molecule has 0 saturated heterocycles. The SMILES string of the molecule is Cc1cc(S(=O)(=O)NCC2COc3ccccc3O2)ccc1-c1cncnc1. The number of sulfonamides is 1. The van der Waals surface area contributed by atoms with E-state index in [0.29, 0.717) is 11.5 Å². The highest BCUT2D eigenvalue weighted by Gasteiger charge is 2.23. The lowest BCUT2D eigenvalue weighted by atomic mass is 10.0. The van der Waals surface area contributed by atoms with Crippen LogP contribution in [0, 0.1) is 6.92 Å². The van der Waals surface area contributed by atoms with Crippen molar-refractivity contribution >= 4 is 10.0 Å². The summed E-state index contributed by atoms with van der Waals surface area (Å²) in [5, 5.41) is 0. The minimum Gasteiger partial charge on any atom is -0.486 e. The van der Waals surface area contributed by atoms with Crippen LogP contribution in [0.1, 0.15) is 5.56 Å². The number of hydrogen-bond donors (Lipinski definition) is 1. The molecule has 2 heterocycles. The van der Waals surface area contributed by atoms with Crippen LogP contribution in [0.25, 0.3) is 11.1 Å². The van der Waals surface area contributed by atoms with Crippen LogP contribution in [0.5, 0.6) is 11.5 Å². The number of benzene rings is 2. The van der Waals surface area contributed by atoms with Gasteiger partial charge in [-0.25, -0.2) is 23.1 Å². The average Bonchev–Trinajstić information content (AvgIpc) is 2.73. The monoisotopic (exact) mass is 397 g/mol. The van der Waals surface area contributed by atoms with Crippen molar-refractivity contribution in [1.82, 2.24) is 14.7 Å². The molecule has 2 aromatic carbocycles. The molecule has 0 aliphatic carbocycles. The first kappa shape index (κ1) is 18.4. The van der Waals surface area contributed by atoms with Gasteiger partial charge in [-0.1, -0.05) is 18.2 Å². The molecule has 0 bridgehead atoms. The smallest absolute Gasteiger partial charge is 0.240 e. The highest BCUT2D eigenvalue weighted by molar-refractivity contribution is 7.89. The minimum absolute atomic E-state index is 0.115. The van der Waals surface area contributed by atoms with Gasteiger partial charge in [0.05, 0.1) is 11.4 Å². The number of nitrogens with one attached hydrogen (secondary N) is 1. The number of hydrogen-bond acceptors (Lipinski definition) is 6. The predicted octanol–water partition coefficient (Wildman–Crippen LogP) is 2.57. The molecule has 0 spiro atoms. The first-order valence-corrected chi connectivity index (χ1v) is 10.3. The molecular weight excluding hydrogens is 378 g/mol. The second-order valence-electron chi connectivity index (χ2n) is 6.45. The quantitative estimate of drug-likeness (QED) is 0.712. The Bertz CT molecular complexity index is 1090. The fraction of sp³-hybridized carbons (Fsp3) is 0.200. The Morgan fingerprint density at radius 3 is 2.61 bits per heavy atom. The molecule has 4 rings (SSSR count). The number of fused-ring (bicyclic) bond motifs is 1. The second kappa shape index (κ2) is 7.57. The van der Waals surface area contributed by atoms with Crippen molar-refractivity contribution in [2.45, 2.75) is 17.9 Å². The summed E-state index contributed by atoms with van der Waals surface area (Å²) in [6.45, 7) is 2.26. The molecule has 1 aliphatic heterocycles. The summed E-state index contributed by atoms with van der Waals surface area (Å²) < 4.78 is 39.4. The molecule has 7 nitrogen and oxygen atoms in total. The van der Waals surface area contributed by atoms with E-state index in [2.05, 4.69) is 14.7 Å². The van der Waals surface area contributed by atoms with Crippen LogP contribution in [0.2, 0.25) is 0 Å². The van der Waals surface area contributed by atoms with Crippen molar-refractivity contribution in [2.75, 3.05) is 13.2 Å². The van der Waals surface area contributed by atoms with Gasteiger partial charge in [-0.05, 0) is 42.3 Å². The minimum atomic E-state index is -3.68. The van der Waals surface area contributed by atoms with Crippen LogP contribution in [-0.4, -0.2) is 37.6 Å². The Kier molecular flexibility index (Phi) is 4.97. The average molecular weight is 397 g/mol. The summed E-state index contributed by atoms with van der Waals surface area (Å²) in [5.74, 6) is 1.28. The molecule has 144 valence electrons. The van der Waals surface area contributed by atoms with Crippen LogP contribution in [0.15, 0.2) is 66.1 Å². The lowest BCUT2D eigenvalue weighted by molar-refractivity contribution is 0.0943. The van der Waals surface area contributed by atoms with E-state index in [1.807, 2.05) is 25.1 Å². The first-order chi connectivity index (χ1) is 13.5. The van der Waals surface area contributed by atoms with Gasteiger partial charge in [0, 0.05) is 18.0 Å². The van der Waals surface area contributed by atoms with E-state index in [-0.39, 0.29) is 18.0 Å². The Hall–Kier alpha value is -2.97. The number of aromatic nitrogens is 2. The summed E-state index contributed by atoms with van der Waals surface area (Å²) >= 11 is 0. The van der Waals surface area contributed by atoms with Crippen molar-refractivity contribution in [1.29, 1.82) is 0 Å². The molecule has 0 saturated carbocycles. The maximum absolute atomic E-state index is 12.7. The fourth-order valence-electron chi connectivity index (χ4n) is 3.02. The van der Waals surface area contributed by atoms with E-state index < -0.39 is 16.1 Å². The number of ether oxygens (including phenoxy) is 2. The Morgan fingerprint density at radius 2 is 1.86 bits per heavy atom. The van der Waals surface area contributed by atoms with E-state index in [0.717, 1.165) is 16.7 Å². The third-order valence-corrected chi connectivity index (χ3v) is 5.87. The molecule has 1 N–H and O–H groups in total. The number of nitrogens with zero attached hydrogens (tertiary/aromatic N) is 2. The van der Waals surface area contributed by atoms with Gasteiger partial charge >= 0.3 is 0 Å². The van der Waals surface area contributed by atoms with Gasteiger partial charge in [0.1, 0.15) is 19.0 Å². The van der Waals surface area contributed by atoms with Crippen molar-refractivity contribution in [3.63, 3.8) is 0 Å². The second-order valence-corrected chi connectivity index (χ2v) is 8.22. The van der Waals surface area contributed by atoms with E-state index in [4.69, 9.17) is 9.47 Å². The molecule has 0 fully saturated rings. The van der Waals surface area contributed by atoms with Gasteiger partial charge < -0.3 is 9.47 Å². The van der Waals surface area contributed by atoms with Crippen molar-refractivity contribution in [3.8, 4) is 22.6 Å². The highest BCUT2D eigenvalue weighted by Crippen LogP contribution is 2.31. The van der Waals surface area contributed by atoms with Crippen molar-refractivity contribution < 1.29 is 17.9 Å². The summed E-state index contributed by atoms with van der Waals surface area (Å²) in [7, 11) is -3.68. The largest absolute Gasteiger partial charge is 0.486 e. The number of para-hydroxylation sites is 2. The maximum Gasteiger partial charge on any atom is 0.240 e. The third kappa shape index (κ3) is 3.83. The molecule has 0 amide bonds. The van der Waals surface area contributed by atoms with Gasteiger partial charge in [0.2, 0.25) is 10.0 Å². The van der Waals surface area contributed by atoms with Gasteiger partial charge in [0.25, 0.3) is 0 Å². The molecule has 28 heavy (non-hydrogen) atoms. The molecule has 3 aromatic rings. The summed E-state index contributed by atoms with van der Waals surface area (Å²) in [5.41, 5.74) is 2.55. The van der Waals surface area contributed by atoms with Crippen LogP contribution in [-0.2, 0) is 10.0 Å². The molecule has 1 unspecified atom stereocenters. The van der Waals surface area contributed by atoms with Gasteiger partial charge in [-0.15, -0.1) is 0 Å². The summed E-state index contributed by atoms with van der Waals surface area (Å²) in [4.78, 5) is 8.20. The number of aryl methyl sites for hydroxylation is 1. The van der Waals surface area contributed by atoms with Crippen LogP contribution >= 0.6 is 0 Å². The third-order valence-electron chi connectivity index (χ3n) is 4.45.